The average Bonchev–Trinajstić information content (AvgIpc) is 3.21. The van der Waals surface area contributed by atoms with Gasteiger partial charge >= 0.3 is 6.18 Å². The van der Waals surface area contributed by atoms with Crippen LogP contribution in [0.25, 0.3) is 0 Å². The maximum absolute atomic E-state index is 13.1. The summed E-state index contributed by atoms with van der Waals surface area (Å²) in [6, 6.07) is 4.66. The first-order valence-corrected chi connectivity index (χ1v) is 8.45. The molecule has 6 nitrogen and oxygen atoms in total. The van der Waals surface area contributed by atoms with Crippen LogP contribution in [0.5, 0.6) is 0 Å². The number of hydrogen-bond acceptors (Lipinski definition) is 4. The van der Waals surface area contributed by atoms with Gasteiger partial charge in [-0.1, -0.05) is 25.1 Å². The first-order valence-electron chi connectivity index (χ1n) is 8.45. The Morgan fingerprint density at radius 1 is 1.37 bits per heavy atom. The molecule has 144 valence electrons. The lowest BCUT2D eigenvalue weighted by molar-refractivity contribution is -0.139. The van der Waals surface area contributed by atoms with Gasteiger partial charge in [0.05, 0.1) is 11.6 Å². The van der Waals surface area contributed by atoms with E-state index in [4.69, 9.17) is 4.42 Å². The quantitative estimate of drug-likeness (QED) is 0.864. The van der Waals surface area contributed by atoms with Crippen molar-refractivity contribution in [2.24, 2.45) is 0 Å². The summed E-state index contributed by atoms with van der Waals surface area (Å²) in [7, 11) is 0. The lowest BCUT2D eigenvalue weighted by atomic mass is 10.1. The van der Waals surface area contributed by atoms with Crippen LogP contribution < -0.4 is 5.32 Å². The van der Waals surface area contributed by atoms with Crippen LogP contribution in [-0.2, 0) is 23.9 Å². The Morgan fingerprint density at radius 3 is 2.81 bits per heavy atom. The number of alkyl halides is 3. The monoisotopic (exact) mass is 381 g/mol. The highest BCUT2D eigenvalue weighted by Crippen LogP contribution is 2.32. The number of nitrogens with one attached hydrogen (secondary N) is 1. The van der Waals surface area contributed by atoms with Gasteiger partial charge in [-0.15, -0.1) is 0 Å². The first kappa shape index (κ1) is 18.9. The third-order valence-electron chi connectivity index (χ3n) is 4.41. The molecule has 0 bridgehead atoms. The Balaban J connectivity index is 1.67. The highest BCUT2D eigenvalue weighted by atomic mass is 19.4. The van der Waals surface area contributed by atoms with E-state index in [9.17, 15) is 22.8 Å². The molecule has 1 unspecified atom stereocenters. The van der Waals surface area contributed by atoms with Gasteiger partial charge in [-0.3, -0.25) is 9.59 Å². The van der Waals surface area contributed by atoms with Gasteiger partial charge in [0.1, 0.15) is 5.76 Å². The van der Waals surface area contributed by atoms with Crippen molar-refractivity contribution in [3.63, 3.8) is 0 Å². The van der Waals surface area contributed by atoms with E-state index in [1.165, 1.54) is 29.5 Å². The molecule has 0 aliphatic carbocycles. The van der Waals surface area contributed by atoms with Crippen molar-refractivity contribution < 1.29 is 27.2 Å². The Hall–Kier alpha value is -2.84. The van der Waals surface area contributed by atoms with Gasteiger partial charge in [-0.2, -0.15) is 13.2 Å². The molecule has 3 rings (SSSR count). The number of rotatable bonds is 5. The van der Waals surface area contributed by atoms with E-state index in [1.54, 1.807) is 0 Å². The lowest BCUT2D eigenvalue weighted by Gasteiger charge is -2.20. The third-order valence-corrected chi connectivity index (χ3v) is 4.41. The number of carbonyl (C=O) groups is 2. The molecule has 1 aromatic heterocycles. The number of carbonyl (C=O) groups excluding carboxylic acids is 2. The maximum Gasteiger partial charge on any atom is 0.416 e. The number of benzene rings is 1. The molecule has 1 N–H and O–H groups in total. The van der Waals surface area contributed by atoms with Gasteiger partial charge in [0.25, 0.3) is 5.91 Å². The van der Waals surface area contributed by atoms with Crippen molar-refractivity contribution >= 4 is 11.8 Å². The number of hydrogen-bond donors (Lipinski definition) is 1. The van der Waals surface area contributed by atoms with Crippen LogP contribution in [0.1, 0.15) is 40.7 Å². The van der Waals surface area contributed by atoms with Gasteiger partial charge in [0.2, 0.25) is 5.91 Å². The molecule has 0 radical (unpaired) electrons. The molecule has 9 heteroatoms. The molecule has 0 spiro atoms. The minimum absolute atomic E-state index is 0.0232. The summed E-state index contributed by atoms with van der Waals surface area (Å²) in [5.41, 5.74) is -0.582. The number of oxazole rings is 1. The number of nitrogens with zero attached hydrogens (tertiary/aromatic N) is 2. The summed E-state index contributed by atoms with van der Waals surface area (Å²) in [6.45, 7) is 1.79. The standard InChI is InChI=1S/C18H18F3N3O3/c1-2-14-16(22-10-27-14)17(26)23-12-7-15(25)24(9-12)8-11-5-3-4-6-13(11)18(19,20)21/h3-6,10,12H,2,7-9H2,1H3,(H,23,26). The fraction of sp³-hybridized carbons (Fsp3) is 0.389. The summed E-state index contributed by atoms with van der Waals surface area (Å²) in [5, 5.41) is 2.70. The maximum atomic E-state index is 13.1. The van der Waals surface area contributed by atoms with Crippen molar-refractivity contribution in [2.75, 3.05) is 6.54 Å². The largest absolute Gasteiger partial charge is 0.448 e. The highest BCUT2D eigenvalue weighted by Gasteiger charge is 2.36. The smallest absolute Gasteiger partial charge is 0.416 e. The van der Waals surface area contributed by atoms with Crippen molar-refractivity contribution in [1.29, 1.82) is 0 Å². The van der Waals surface area contributed by atoms with Crippen LogP contribution >= 0.6 is 0 Å². The minimum Gasteiger partial charge on any atom is -0.448 e. The number of likely N-dealkylation sites (tertiary alicyclic amines) is 1. The molecular formula is C18H18F3N3O3. The topological polar surface area (TPSA) is 75.4 Å². The summed E-state index contributed by atoms with van der Waals surface area (Å²) in [6.07, 6.45) is -2.80. The molecule has 1 aliphatic rings. The van der Waals surface area contributed by atoms with Crippen molar-refractivity contribution in [1.82, 2.24) is 15.2 Å². The molecule has 1 aliphatic heterocycles. The first-order chi connectivity index (χ1) is 12.8. The molecule has 2 amide bonds. The van der Waals surface area contributed by atoms with Gasteiger partial charge in [0, 0.05) is 25.9 Å². The van der Waals surface area contributed by atoms with E-state index in [1.807, 2.05) is 6.92 Å². The Bertz CT molecular complexity index is 848. The van der Waals surface area contributed by atoms with Crippen LogP contribution in [0.4, 0.5) is 13.2 Å². The molecule has 2 heterocycles. The lowest BCUT2D eigenvalue weighted by Crippen LogP contribution is -2.37. The number of halogens is 3. The normalized spacial score (nSPS) is 17.4. The van der Waals surface area contributed by atoms with Crippen molar-refractivity contribution in [3.8, 4) is 0 Å². The second kappa shape index (κ2) is 7.42. The van der Waals surface area contributed by atoms with E-state index >= 15 is 0 Å². The number of aromatic nitrogens is 1. The fourth-order valence-corrected chi connectivity index (χ4v) is 3.12. The summed E-state index contributed by atoms with van der Waals surface area (Å²) < 4.78 is 44.5. The minimum atomic E-state index is -4.49. The van der Waals surface area contributed by atoms with E-state index in [0.717, 1.165) is 6.07 Å². The predicted octanol–water partition coefficient (Wildman–Crippen LogP) is 2.79. The Kier molecular flexibility index (Phi) is 5.20. The summed E-state index contributed by atoms with van der Waals surface area (Å²) in [5.74, 6) is -0.336. The van der Waals surface area contributed by atoms with E-state index in [2.05, 4.69) is 10.3 Å². The van der Waals surface area contributed by atoms with Crippen molar-refractivity contribution in [3.05, 3.63) is 53.2 Å². The molecule has 1 saturated heterocycles. The molecule has 1 atom stereocenters. The van der Waals surface area contributed by atoms with Crippen LogP contribution in [0, 0.1) is 0 Å². The van der Waals surface area contributed by atoms with Crippen molar-refractivity contribution in [2.45, 2.75) is 38.5 Å². The fourth-order valence-electron chi connectivity index (χ4n) is 3.12. The molecule has 27 heavy (non-hydrogen) atoms. The van der Waals surface area contributed by atoms with Crippen LogP contribution in [0.15, 0.2) is 35.1 Å². The van der Waals surface area contributed by atoms with Gasteiger partial charge < -0.3 is 14.6 Å². The molecule has 2 aromatic rings. The van der Waals surface area contributed by atoms with Gasteiger partial charge in [0.15, 0.2) is 12.1 Å². The zero-order valence-electron chi connectivity index (χ0n) is 14.5. The SMILES string of the molecule is CCc1ocnc1C(=O)NC1CC(=O)N(Cc2ccccc2C(F)(F)F)C1. The molecule has 0 saturated carbocycles. The molecule has 1 aromatic carbocycles. The molecular weight excluding hydrogens is 363 g/mol. The zero-order valence-corrected chi connectivity index (χ0v) is 14.5. The van der Waals surface area contributed by atoms with Gasteiger partial charge in [-0.25, -0.2) is 4.98 Å². The van der Waals surface area contributed by atoms with E-state index in [-0.39, 0.29) is 36.7 Å². The van der Waals surface area contributed by atoms with Crippen LogP contribution in [0.3, 0.4) is 0 Å². The Morgan fingerprint density at radius 2 is 2.11 bits per heavy atom. The van der Waals surface area contributed by atoms with E-state index < -0.39 is 23.7 Å². The zero-order chi connectivity index (χ0) is 19.6. The average molecular weight is 381 g/mol. The van der Waals surface area contributed by atoms with Gasteiger partial charge in [-0.05, 0) is 11.6 Å². The predicted molar refractivity (Wildman–Crippen MR) is 88.6 cm³/mol. The van der Waals surface area contributed by atoms with Crippen LogP contribution in [0.2, 0.25) is 0 Å². The van der Waals surface area contributed by atoms with E-state index in [0.29, 0.717) is 12.2 Å². The number of aryl methyl sites for hydroxylation is 1. The second-order valence-electron chi connectivity index (χ2n) is 6.28. The molecule has 1 fully saturated rings. The number of amides is 2. The van der Waals surface area contributed by atoms with Crippen LogP contribution in [-0.4, -0.2) is 34.3 Å². The third kappa shape index (κ3) is 4.12. The Labute approximate surface area is 153 Å². The second-order valence-corrected chi connectivity index (χ2v) is 6.28. The summed E-state index contributed by atoms with van der Waals surface area (Å²) >= 11 is 0. The summed E-state index contributed by atoms with van der Waals surface area (Å²) in [4.78, 5) is 29.7. The highest BCUT2D eigenvalue weighted by molar-refractivity contribution is 5.94.